The molecule has 1 saturated heterocycles. The first-order valence-electron chi connectivity index (χ1n) is 17.6. The molecule has 1 saturated carbocycles. The summed E-state index contributed by atoms with van der Waals surface area (Å²) in [7, 11) is -4.24. The van der Waals surface area contributed by atoms with Gasteiger partial charge in [-0.15, -0.1) is 0 Å². The molecule has 2 amide bonds. The van der Waals surface area contributed by atoms with Crippen LogP contribution in [0.2, 0.25) is 5.02 Å². The summed E-state index contributed by atoms with van der Waals surface area (Å²) in [5.74, 6) is -0.0395. The zero-order chi connectivity index (χ0) is 35.3. The number of ether oxygens (including phenoxy) is 4. The number of anilines is 1. The lowest BCUT2D eigenvalue weighted by Gasteiger charge is -2.46. The fourth-order valence-corrected chi connectivity index (χ4v) is 9.32. The zero-order valence-electron chi connectivity index (χ0n) is 28.9. The molecule has 2 aromatic carbocycles. The molecule has 11 nitrogen and oxygen atoms in total. The van der Waals surface area contributed by atoms with E-state index < -0.39 is 27.6 Å². The predicted molar refractivity (Wildman–Crippen MR) is 188 cm³/mol. The normalized spacial score (nSPS) is 29.0. The number of carbonyl (C=O) groups is 2. The van der Waals surface area contributed by atoms with Gasteiger partial charge in [-0.25, -0.2) is 17.9 Å². The number of fused-ring (bicyclic) bond motifs is 4. The fourth-order valence-electron chi connectivity index (χ4n) is 8.00. The first-order chi connectivity index (χ1) is 23.9. The van der Waals surface area contributed by atoms with Crippen LogP contribution in [0.5, 0.6) is 5.75 Å². The summed E-state index contributed by atoms with van der Waals surface area (Å²) in [6.45, 7) is 8.21. The molecular weight excluding hydrogens is 682 g/mol. The number of aryl methyl sites for hydroxylation is 1. The number of nitrogens with one attached hydrogen (secondary N) is 1. The van der Waals surface area contributed by atoms with Crippen LogP contribution in [0.15, 0.2) is 53.4 Å². The Bertz CT molecular complexity index is 1780. The van der Waals surface area contributed by atoms with Crippen LogP contribution < -0.4 is 14.4 Å². The third-order valence-corrected chi connectivity index (χ3v) is 12.6. The van der Waals surface area contributed by atoms with Crippen molar-refractivity contribution in [3.63, 3.8) is 0 Å². The smallest absolute Gasteiger partial charge is 0.410 e. The molecule has 270 valence electrons. The van der Waals surface area contributed by atoms with Gasteiger partial charge in [0.1, 0.15) is 17.5 Å². The number of hydrogen-bond acceptors (Lipinski definition) is 9. The minimum atomic E-state index is -4.24. The highest BCUT2D eigenvalue weighted by atomic mass is 35.5. The number of carbonyl (C=O) groups excluding carboxylic acids is 2. The van der Waals surface area contributed by atoms with Gasteiger partial charge in [0, 0.05) is 36.1 Å². The molecule has 0 unspecified atom stereocenters. The van der Waals surface area contributed by atoms with Crippen molar-refractivity contribution in [2.45, 2.75) is 81.0 Å². The number of nitrogens with zero attached hydrogens (tertiary/aromatic N) is 2. The summed E-state index contributed by atoms with van der Waals surface area (Å²) in [6, 6.07) is 10.9. The third kappa shape index (κ3) is 6.83. The van der Waals surface area contributed by atoms with E-state index in [0.29, 0.717) is 55.9 Å². The largest absolute Gasteiger partial charge is 0.490 e. The van der Waals surface area contributed by atoms with E-state index in [2.05, 4.69) is 15.7 Å². The minimum Gasteiger partial charge on any atom is -0.490 e. The lowest BCUT2D eigenvalue weighted by Crippen LogP contribution is -2.56. The molecule has 2 bridgehead atoms. The van der Waals surface area contributed by atoms with Crippen molar-refractivity contribution >= 4 is 39.3 Å². The lowest BCUT2D eigenvalue weighted by atomic mass is 9.68. The predicted octanol–water partition coefficient (Wildman–Crippen LogP) is 5.24. The van der Waals surface area contributed by atoms with Crippen LogP contribution in [0.1, 0.15) is 57.6 Å². The quantitative estimate of drug-likeness (QED) is 0.423. The average molecular weight is 728 g/mol. The number of likely N-dealkylation sites (tertiary alicyclic amines) is 1. The van der Waals surface area contributed by atoms with E-state index >= 15 is 0 Å². The second-order valence-corrected chi connectivity index (χ2v) is 16.9. The summed E-state index contributed by atoms with van der Waals surface area (Å²) in [6.07, 6.45) is 7.32. The van der Waals surface area contributed by atoms with Gasteiger partial charge in [-0.1, -0.05) is 23.7 Å². The van der Waals surface area contributed by atoms with Gasteiger partial charge < -0.3 is 28.7 Å². The molecule has 4 atom stereocenters. The molecule has 7 rings (SSSR count). The third-order valence-electron chi connectivity index (χ3n) is 11.1. The maximum absolute atomic E-state index is 13.6. The molecule has 2 aliphatic carbocycles. The SMILES string of the molecule is CCOC1CN(C(=O)O[C@H]2C=CCOC(C)(C)C(=O)NS(=O)(=O)c3ccc4c(c3)N(C[C@@H]3CC[C@H]32)C[C@@]2(CCCc3cc(Cl)ccc32)CO4)C1. The number of amides is 2. The number of sulfonamides is 1. The topological polar surface area (TPSA) is 124 Å². The van der Waals surface area contributed by atoms with E-state index in [9.17, 15) is 18.0 Å². The zero-order valence-corrected chi connectivity index (χ0v) is 30.4. The Kier molecular flexibility index (Phi) is 9.59. The van der Waals surface area contributed by atoms with E-state index in [1.807, 2.05) is 25.1 Å². The van der Waals surface area contributed by atoms with E-state index in [-0.39, 0.29) is 41.0 Å². The van der Waals surface area contributed by atoms with E-state index in [0.717, 1.165) is 32.1 Å². The van der Waals surface area contributed by atoms with Gasteiger partial charge in [0.05, 0.1) is 43.0 Å². The molecule has 2 aromatic rings. The summed E-state index contributed by atoms with van der Waals surface area (Å²) in [5, 5.41) is 0.701. The van der Waals surface area contributed by atoms with Gasteiger partial charge in [-0.05, 0) is 106 Å². The molecule has 50 heavy (non-hydrogen) atoms. The Labute approximate surface area is 299 Å². The second-order valence-electron chi connectivity index (χ2n) is 14.8. The van der Waals surface area contributed by atoms with E-state index in [1.54, 1.807) is 23.1 Å². The first-order valence-corrected chi connectivity index (χ1v) is 19.5. The first kappa shape index (κ1) is 35.1. The average Bonchev–Trinajstić information content (AvgIpc) is 3.18. The maximum Gasteiger partial charge on any atom is 0.410 e. The van der Waals surface area contributed by atoms with Crippen LogP contribution in [0, 0.1) is 11.8 Å². The van der Waals surface area contributed by atoms with Crippen molar-refractivity contribution in [1.29, 1.82) is 0 Å². The molecule has 13 heteroatoms. The van der Waals surface area contributed by atoms with Crippen molar-refractivity contribution in [1.82, 2.24) is 9.62 Å². The fraction of sp³-hybridized carbons (Fsp3) is 0.568. The maximum atomic E-state index is 13.6. The highest BCUT2D eigenvalue weighted by Gasteiger charge is 2.46. The van der Waals surface area contributed by atoms with Gasteiger partial charge in [-0.2, -0.15) is 0 Å². The Morgan fingerprint density at radius 2 is 1.94 bits per heavy atom. The molecule has 3 aliphatic heterocycles. The number of hydrogen-bond donors (Lipinski definition) is 1. The van der Waals surface area contributed by atoms with Gasteiger partial charge in [0.2, 0.25) is 0 Å². The Hall–Kier alpha value is -3.32. The van der Waals surface area contributed by atoms with Gasteiger partial charge in [-0.3, -0.25) is 4.79 Å². The molecule has 0 radical (unpaired) electrons. The Morgan fingerprint density at radius 1 is 1.12 bits per heavy atom. The van der Waals surface area contributed by atoms with E-state index in [1.165, 1.54) is 31.0 Å². The van der Waals surface area contributed by atoms with Crippen molar-refractivity contribution in [3.8, 4) is 5.75 Å². The second kappa shape index (κ2) is 13.7. The van der Waals surface area contributed by atoms with Crippen LogP contribution in [-0.2, 0) is 40.9 Å². The summed E-state index contributed by atoms with van der Waals surface area (Å²) >= 11 is 6.44. The number of benzene rings is 2. The molecule has 5 aliphatic rings. The van der Waals surface area contributed by atoms with Crippen molar-refractivity contribution in [2.75, 3.05) is 50.9 Å². The Morgan fingerprint density at radius 3 is 2.70 bits per heavy atom. The van der Waals surface area contributed by atoms with Crippen molar-refractivity contribution in [3.05, 3.63) is 64.7 Å². The summed E-state index contributed by atoms with van der Waals surface area (Å²) in [5.41, 5.74) is 1.25. The molecular formula is C37H46ClN3O8S. The lowest BCUT2D eigenvalue weighted by molar-refractivity contribution is -0.139. The van der Waals surface area contributed by atoms with Gasteiger partial charge in [0.15, 0.2) is 0 Å². The monoisotopic (exact) mass is 727 g/mol. The Balaban J connectivity index is 1.25. The van der Waals surface area contributed by atoms with Gasteiger partial charge >= 0.3 is 6.09 Å². The van der Waals surface area contributed by atoms with Crippen LogP contribution in [0.25, 0.3) is 0 Å². The van der Waals surface area contributed by atoms with Crippen LogP contribution in [0.4, 0.5) is 10.5 Å². The molecule has 3 heterocycles. The highest BCUT2D eigenvalue weighted by Crippen LogP contribution is 2.47. The van der Waals surface area contributed by atoms with Crippen molar-refractivity contribution in [2.24, 2.45) is 11.8 Å². The number of rotatable bonds is 3. The molecule has 1 N–H and O–H groups in total. The highest BCUT2D eigenvalue weighted by molar-refractivity contribution is 7.90. The van der Waals surface area contributed by atoms with Crippen LogP contribution >= 0.6 is 11.6 Å². The summed E-state index contributed by atoms with van der Waals surface area (Å²) in [4.78, 5) is 30.4. The number of halogens is 1. The van der Waals surface area contributed by atoms with Crippen LogP contribution in [0.3, 0.4) is 0 Å². The van der Waals surface area contributed by atoms with Crippen LogP contribution in [-0.4, -0.2) is 89.1 Å². The molecule has 1 spiro atoms. The standard InChI is InChI=1S/C37H46ClN3O8S/c1-4-46-27-20-40(21-27)35(43)49-32-8-6-16-48-36(2,3)34(42)39-50(44,45)28-11-14-33-31(18-28)41(19-25-9-12-29(25)32)22-37(23-47-33)15-5-7-24-17-26(38)10-13-30(24)37/h6,8,10-11,13-14,17-18,25,27,29,32H,4-5,7,9,12,15-16,19-23H2,1-3H3,(H,39,42)/t25-,29+,32-,37-/m0/s1. The molecule has 0 aromatic heterocycles. The van der Waals surface area contributed by atoms with Crippen molar-refractivity contribution < 1.29 is 37.0 Å². The summed E-state index contributed by atoms with van der Waals surface area (Å²) < 4.78 is 53.7. The molecule has 2 fully saturated rings. The van der Waals surface area contributed by atoms with Gasteiger partial charge in [0.25, 0.3) is 15.9 Å². The van der Waals surface area contributed by atoms with E-state index in [4.69, 9.17) is 30.5 Å². The minimum absolute atomic E-state index is 0.0191.